The molecule has 3 rings (SSSR count). The van der Waals surface area contributed by atoms with Crippen molar-refractivity contribution < 1.29 is 32.6 Å². The molecule has 7 nitrogen and oxygen atoms in total. The SMILES string of the molecule is COc1ccc(C(=O)NN2C(=O)C(=Cc3ccc(OC(F)F)cc3)SC2=S)cc1OC. The summed E-state index contributed by atoms with van der Waals surface area (Å²) in [6, 6.07) is 10.3. The standard InChI is InChI=1S/C20H16F2N2O5S2/c1-27-14-8-5-12(10-15(14)28-2)17(25)23-24-18(26)16(31-20(24)30)9-11-3-6-13(7-4-11)29-19(21)22/h3-10,19H,1-2H3,(H,23,25). The minimum atomic E-state index is -2.92. The number of thiocarbonyl (C=S) groups is 1. The first kappa shape index (κ1) is 22.5. The maximum atomic E-state index is 12.7. The van der Waals surface area contributed by atoms with Gasteiger partial charge in [0, 0.05) is 5.56 Å². The number of carbonyl (C=O) groups excluding carboxylic acids is 2. The summed E-state index contributed by atoms with van der Waals surface area (Å²) < 4.78 is 39.2. The van der Waals surface area contributed by atoms with E-state index in [2.05, 4.69) is 10.2 Å². The average Bonchev–Trinajstić information content (AvgIpc) is 3.01. The van der Waals surface area contributed by atoms with E-state index >= 15 is 0 Å². The molecule has 11 heteroatoms. The van der Waals surface area contributed by atoms with Crippen molar-refractivity contribution in [3.8, 4) is 17.2 Å². The zero-order valence-corrected chi connectivity index (χ0v) is 17.9. The number of nitrogens with one attached hydrogen (secondary N) is 1. The van der Waals surface area contributed by atoms with Crippen molar-refractivity contribution in [3.05, 3.63) is 58.5 Å². The first-order valence-electron chi connectivity index (χ1n) is 8.68. The third kappa shape index (κ3) is 5.30. The van der Waals surface area contributed by atoms with Crippen LogP contribution in [0, 0.1) is 0 Å². The molecule has 1 heterocycles. The van der Waals surface area contributed by atoms with Crippen molar-refractivity contribution >= 4 is 46.2 Å². The molecular weight excluding hydrogens is 450 g/mol. The van der Waals surface area contributed by atoms with Crippen LogP contribution in [0.4, 0.5) is 8.78 Å². The van der Waals surface area contributed by atoms with E-state index in [0.29, 0.717) is 17.1 Å². The summed E-state index contributed by atoms with van der Waals surface area (Å²) in [6.07, 6.45) is 1.54. The molecule has 0 radical (unpaired) electrons. The van der Waals surface area contributed by atoms with Crippen LogP contribution in [-0.4, -0.2) is 42.0 Å². The second kappa shape index (κ2) is 9.75. The molecule has 1 aliphatic heterocycles. The number of carbonyl (C=O) groups is 2. The summed E-state index contributed by atoms with van der Waals surface area (Å²) in [7, 11) is 2.92. The molecule has 0 atom stereocenters. The molecule has 2 amide bonds. The Morgan fingerprint density at radius 2 is 1.81 bits per heavy atom. The highest BCUT2D eigenvalue weighted by molar-refractivity contribution is 8.26. The van der Waals surface area contributed by atoms with Gasteiger partial charge in [-0.2, -0.15) is 13.8 Å². The predicted molar refractivity (Wildman–Crippen MR) is 115 cm³/mol. The molecule has 0 spiro atoms. The molecule has 1 fully saturated rings. The van der Waals surface area contributed by atoms with E-state index in [1.54, 1.807) is 6.07 Å². The number of ether oxygens (including phenoxy) is 3. The van der Waals surface area contributed by atoms with Crippen LogP contribution in [0.2, 0.25) is 0 Å². The van der Waals surface area contributed by atoms with E-state index in [1.165, 1.54) is 56.7 Å². The number of nitrogens with zero attached hydrogens (tertiary/aromatic N) is 1. The second-order valence-electron chi connectivity index (χ2n) is 5.98. The highest BCUT2D eigenvalue weighted by atomic mass is 32.2. The minimum absolute atomic E-state index is 0.00174. The summed E-state index contributed by atoms with van der Waals surface area (Å²) >= 11 is 6.20. The highest BCUT2D eigenvalue weighted by Gasteiger charge is 2.34. The Labute approximate surface area is 185 Å². The van der Waals surface area contributed by atoms with Gasteiger partial charge in [-0.15, -0.1) is 0 Å². The molecule has 162 valence electrons. The van der Waals surface area contributed by atoms with Gasteiger partial charge in [0.1, 0.15) is 5.75 Å². The van der Waals surface area contributed by atoms with Gasteiger partial charge < -0.3 is 14.2 Å². The van der Waals surface area contributed by atoms with Crippen molar-refractivity contribution in [3.63, 3.8) is 0 Å². The summed E-state index contributed by atoms with van der Waals surface area (Å²) in [5.74, 6) is -0.261. The van der Waals surface area contributed by atoms with E-state index in [-0.39, 0.29) is 20.5 Å². The Hall–Kier alpha value is -3.18. The van der Waals surface area contributed by atoms with Crippen molar-refractivity contribution in [2.75, 3.05) is 14.2 Å². The lowest BCUT2D eigenvalue weighted by molar-refractivity contribution is -0.123. The van der Waals surface area contributed by atoms with Gasteiger partial charge in [0.2, 0.25) is 0 Å². The Bertz CT molecular complexity index is 1040. The number of hydrogen-bond donors (Lipinski definition) is 1. The van der Waals surface area contributed by atoms with Crippen LogP contribution in [0.15, 0.2) is 47.4 Å². The van der Waals surface area contributed by atoms with Gasteiger partial charge >= 0.3 is 6.61 Å². The molecule has 0 aliphatic carbocycles. The topological polar surface area (TPSA) is 77.1 Å². The van der Waals surface area contributed by atoms with Crippen molar-refractivity contribution in [1.82, 2.24) is 10.4 Å². The fourth-order valence-corrected chi connectivity index (χ4v) is 3.78. The molecule has 1 saturated heterocycles. The van der Waals surface area contributed by atoms with Crippen molar-refractivity contribution in [2.24, 2.45) is 0 Å². The van der Waals surface area contributed by atoms with Gasteiger partial charge in [0.15, 0.2) is 15.8 Å². The van der Waals surface area contributed by atoms with Gasteiger partial charge in [-0.3, -0.25) is 15.0 Å². The lowest BCUT2D eigenvalue weighted by Crippen LogP contribution is -2.44. The van der Waals surface area contributed by atoms with Crippen LogP contribution < -0.4 is 19.6 Å². The van der Waals surface area contributed by atoms with Gasteiger partial charge in [0.25, 0.3) is 11.8 Å². The van der Waals surface area contributed by atoms with Gasteiger partial charge in [0.05, 0.1) is 19.1 Å². The van der Waals surface area contributed by atoms with E-state index < -0.39 is 18.4 Å². The monoisotopic (exact) mass is 466 g/mol. The number of alkyl halides is 2. The molecule has 0 saturated carbocycles. The van der Waals surface area contributed by atoms with Crippen molar-refractivity contribution in [1.29, 1.82) is 0 Å². The normalized spacial score (nSPS) is 14.9. The minimum Gasteiger partial charge on any atom is -0.493 e. The van der Waals surface area contributed by atoms with Crippen LogP contribution >= 0.6 is 24.0 Å². The van der Waals surface area contributed by atoms with Gasteiger partial charge in [-0.05, 0) is 54.2 Å². The predicted octanol–water partition coefficient (Wildman–Crippen LogP) is 3.85. The fraction of sp³-hybridized carbons (Fsp3) is 0.150. The number of methoxy groups -OCH3 is 2. The van der Waals surface area contributed by atoms with E-state index in [1.807, 2.05) is 0 Å². The molecule has 1 aliphatic rings. The summed E-state index contributed by atoms with van der Waals surface area (Å²) in [6.45, 7) is -2.92. The highest BCUT2D eigenvalue weighted by Crippen LogP contribution is 2.32. The first-order valence-corrected chi connectivity index (χ1v) is 9.90. The maximum Gasteiger partial charge on any atom is 0.387 e. The Morgan fingerprint density at radius 3 is 2.42 bits per heavy atom. The molecule has 2 aromatic rings. The number of amides is 2. The van der Waals surface area contributed by atoms with Crippen LogP contribution in [0.5, 0.6) is 17.2 Å². The quantitative estimate of drug-likeness (QED) is 0.491. The third-order valence-corrected chi connectivity index (χ3v) is 5.36. The average molecular weight is 466 g/mol. The lowest BCUT2D eigenvalue weighted by atomic mass is 10.2. The molecule has 2 aromatic carbocycles. The number of benzene rings is 2. The molecule has 0 unspecified atom stereocenters. The third-order valence-electron chi connectivity index (χ3n) is 4.06. The smallest absolute Gasteiger partial charge is 0.387 e. The number of thioether (sulfide) groups is 1. The summed E-state index contributed by atoms with van der Waals surface area (Å²) in [5, 5.41) is 0.971. The van der Waals surface area contributed by atoms with Crippen LogP contribution in [0.1, 0.15) is 15.9 Å². The zero-order valence-electron chi connectivity index (χ0n) is 16.3. The fourth-order valence-electron chi connectivity index (χ4n) is 2.60. The summed E-state index contributed by atoms with van der Waals surface area (Å²) in [4.78, 5) is 25.5. The number of hydrazine groups is 1. The molecule has 0 aromatic heterocycles. The summed E-state index contributed by atoms with van der Waals surface area (Å²) in [5.41, 5.74) is 3.29. The number of halogens is 2. The van der Waals surface area contributed by atoms with E-state index in [0.717, 1.165) is 16.8 Å². The molecule has 1 N–H and O–H groups in total. The molecule has 31 heavy (non-hydrogen) atoms. The Kier molecular flexibility index (Phi) is 7.08. The van der Waals surface area contributed by atoms with E-state index in [4.69, 9.17) is 21.7 Å². The van der Waals surface area contributed by atoms with Crippen LogP contribution in [-0.2, 0) is 4.79 Å². The number of rotatable bonds is 7. The largest absolute Gasteiger partial charge is 0.493 e. The van der Waals surface area contributed by atoms with Crippen LogP contribution in [0.3, 0.4) is 0 Å². The van der Waals surface area contributed by atoms with Crippen molar-refractivity contribution in [2.45, 2.75) is 6.61 Å². The Balaban J connectivity index is 1.73. The first-order chi connectivity index (χ1) is 14.8. The van der Waals surface area contributed by atoms with Gasteiger partial charge in [-0.25, -0.2) is 0 Å². The maximum absolute atomic E-state index is 12.7. The van der Waals surface area contributed by atoms with Gasteiger partial charge in [-0.1, -0.05) is 23.9 Å². The molecule has 0 bridgehead atoms. The van der Waals surface area contributed by atoms with Crippen LogP contribution in [0.25, 0.3) is 6.08 Å². The Morgan fingerprint density at radius 1 is 1.13 bits per heavy atom. The second-order valence-corrected chi connectivity index (χ2v) is 7.65. The molecular formula is C20H16F2N2O5S2. The number of hydrogen-bond acceptors (Lipinski definition) is 7. The zero-order chi connectivity index (χ0) is 22.5. The van der Waals surface area contributed by atoms with E-state index in [9.17, 15) is 18.4 Å². The lowest BCUT2D eigenvalue weighted by Gasteiger charge is -2.16.